The predicted octanol–water partition coefficient (Wildman–Crippen LogP) is 2.36. The molecule has 19 heavy (non-hydrogen) atoms. The highest BCUT2D eigenvalue weighted by Crippen LogP contribution is 2.23. The monoisotopic (exact) mass is 265 g/mol. The standard InChI is InChI=1S/C13H15NO5/c15-8-10-7-11(14(16)17)4-5-13(10)19-9-12-3-1-2-6-18-12/h4-5,7-8,12H,1-3,6,9H2. The molecule has 1 aliphatic heterocycles. The summed E-state index contributed by atoms with van der Waals surface area (Å²) in [5.41, 5.74) is 0.0633. The second-order valence-corrected chi connectivity index (χ2v) is 4.40. The molecule has 6 nitrogen and oxygen atoms in total. The molecule has 2 rings (SSSR count). The fourth-order valence-corrected chi connectivity index (χ4v) is 1.99. The second kappa shape index (κ2) is 6.29. The van der Waals surface area contributed by atoms with Gasteiger partial charge in [0.1, 0.15) is 12.4 Å². The Balaban J connectivity index is 2.02. The van der Waals surface area contributed by atoms with E-state index in [4.69, 9.17) is 9.47 Å². The van der Waals surface area contributed by atoms with E-state index in [0.717, 1.165) is 25.9 Å². The number of hydrogen-bond acceptors (Lipinski definition) is 5. The molecular weight excluding hydrogens is 250 g/mol. The molecule has 1 unspecified atom stereocenters. The average molecular weight is 265 g/mol. The molecule has 1 saturated heterocycles. The van der Waals surface area contributed by atoms with Crippen LogP contribution in [0.3, 0.4) is 0 Å². The first kappa shape index (κ1) is 13.5. The highest BCUT2D eigenvalue weighted by Gasteiger charge is 2.16. The lowest BCUT2D eigenvalue weighted by Gasteiger charge is -2.22. The zero-order valence-electron chi connectivity index (χ0n) is 10.4. The first-order valence-electron chi connectivity index (χ1n) is 6.18. The lowest BCUT2D eigenvalue weighted by molar-refractivity contribution is -0.384. The van der Waals surface area contributed by atoms with Gasteiger partial charge in [-0.25, -0.2) is 0 Å². The van der Waals surface area contributed by atoms with E-state index < -0.39 is 4.92 Å². The zero-order chi connectivity index (χ0) is 13.7. The Morgan fingerprint density at radius 2 is 2.32 bits per heavy atom. The minimum atomic E-state index is -0.541. The minimum absolute atomic E-state index is 0.0310. The lowest BCUT2D eigenvalue weighted by Crippen LogP contribution is -2.26. The van der Waals surface area contributed by atoms with Crippen LogP contribution in [0, 0.1) is 10.1 Å². The van der Waals surface area contributed by atoms with Gasteiger partial charge in [-0.2, -0.15) is 0 Å². The molecule has 1 aromatic rings. The van der Waals surface area contributed by atoms with Crippen LogP contribution in [0.15, 0.2) is 18.2 Å². The first-order chi connectivity index (χ1) is 9.20. The van der Waals surface area contributed by atoms with Crippen LogP contribution in [-0.4, -0.2) is 30.5 Å². The molecule has 6 heteroatoms. The van der Waals surface area contributed by atoms with Gasteiger partial charge >= 0.3 is 0 Å². The fourth-order valence-electron chi connectivity index (χ4n) is 1.99. The lowest BCUT2D eigenvalue weighted by atomic mass is 10.1. The van der Waals surface area contributed by atoms with Gasteiger partial charge in [0.2, 0.25) is 0 Å². The summed E-state index contributed by atoms with van der Waals surface area (Å²) in [6.45, 7) is 1.09. The van der Waals surface area contributed by atoms with Crippen molar-refractivity contribution in [3.63, 3.8) is 0 Å². The van der Waals surface area contributed by atoms with Crippen molar-refractivity contribution in [3.8, 4) is 5.75 Å². The van der Waals surface area contributed by atoms with E-state index in [1.807, 2.05) is 0 Å². The molecule has 0 aromatic heterocycles. The zero-order valence-corrected chi connectivity index (χ0v) is 10.4. The molecule has 1 fully saturated rings. The number of ether oxygens (including phenoxy) is 2. The summed E-state index contributed by atoms with van der Waals surface area (Å²) in [6, 6.07) is 3.98. The van der Waals surface area contributed by atoms with Crippen molar-refractivity contribution in [2.45, 2.75) is 25.4 Å². The molecule has 1 aliphatic rings. The van der Waals surface area contributed by atoms with Crippen molar-refractivity contribution >= 4 is 12.0 Å². The maximum absolute atomic E-state index is 10.9. The molecule has 0 N–H and O–H groups in total. The summed E-state index contributed by atoms with van der Waals surface area (Å²) in [5.74, 6) is 0.356. The van der Waals surface area contributed by atoms with E-state index in [1.54, 1.807) is 0 Å². The number of benzene rings is 1. The van der Waals surface area contributed by atoms with E-state index in [0.29, 0.717) is 18.6 Å². The van der Waals surface area contributed by atoms with Gasteiger partial charge in [-0.15, -0.1) is 0 Å². The summed E-state index contributed by atoms with van der Waals surface area (Å²) in [7, 11) is 0. The third-order valence-electron chi connectivity index (χ3n) is 3.03. The molecular formula is C13H15NO5. The molecule has 0 radical (unpaired) electrons. The van der Waals surface area contributed by atoms with Crippen LogP contribution in [0.25, 0.3) is 0 Å². The third-order valence-corrected chi connectivity index (χ3v) is 3.03. The largest absolute Gasteiger partial charge is 0.490 e. The first-order valence-corrected chi connectivity index (χ1v) is 6.18. The Labute approximate surface area is 110 Å². The van der Waals surface area contributed by atoms with Gasteiger partial charge in [-0.3, -0.25) is 14.9 Å². The molecule has 0 spiro atoms. The number of hydrogen-bond donors (Lipinski definition) is 0. The van der Waals surface area contributed by atoms with E-state index in [-0.39, 0.29) is 17.4 Å². The minimum Gasteiger partial charge on any atom is -0.490 e. The highest BCUT2D eigenvalue weighted by molar-refractivity contribution is 5.80. The van der Waals surface area contributed by atoms with Crippen LogP contribution in [0.1, 0.15) is 29.6 Å². The highest BCUT2D eigenvalue weighted by atomic mass is 16.6. The average Bonchev–Trinajstić information content (AvgIpc) is 2.45. The second-order valence-electron chi connectivity index (χ2n) is 4.40. The fraction of sp³-hybridized carbons (Fsp3) is 0.462. The maximum atomic E-state index is 10.9. The van der Waals surface area contributed by atoms with Crippen LogP contribution in [0.2, 0.25) is 0 Å². The van der Waals surface area contributed by atoms with Gasteiger partial charge in [-0.05, 0) is 25.3 Å². The molecule has 0 aliphatic carbocycles. The van der Waals surface area contributed by atoms with Gasteiger partial charge in [0, 0.05) is 18.7 Å². The van der Waals surface area contributed by atoms with Gasteiger partial charge in [0.05, 0.1) is 16.6 Å². The van der Waals surface area contributed by atoms with Crippen LogP contribution in [0.5, 0.6) is 5.75 Å². The molecule has 1 aromatic carbocycles. The summed E-state index contributed by atoms with van der Waals surface area (Å²) in [4.78, 5) is 21.0. The van der Waals surface area contributed by atoms with E-state index in [1.165, 1.54) is 18.2 Å². The molecule has 0 bridgehead atoms. The van der Waals surface area contributed by atoms with Gasteiger partial charge in [-0.1, -0.05) is 0 Å². The number of nitrogens with zero attached hydrogens (tertiary/aromatic N) is 1. The Kier molecular flexibility index (Phi) is 4.46. The van der Waals surface area contributed by atoms with Gasteiger partial charge in [0.25, 0.3) is 5.69 Å². The molecule has 102 valence electrons. The molecule has 0 amide bonds. The number of non-ortho nitro benzene ring substituents is 1. The summed E-state index contributed by atoms with van der Waals surface area (Å²) >= 11 is 0. The smallest absolute Gasteiger partial charge is 0.270 e. The SMILES string of the molecule is O=Cc1cc([N+](=O)[O-])ccc1OCC1CCCCO1. The third kappa shape index (κ3) is 3.51. The summed E-state index contributed by atoms with van der Waals surface area (Å²) < 4.78 is 11.0. The van der Waals surface area contributed by atoms with Crippen molar-refractivity contribution in [3.05, 3.63) is 33.9 Å². The van der Waals surface area contributed by atoms with Crippen molar-refractivity contribution in [1.29, 1.82) is 0 Å². The van der Waals surface area contributed by atoms with Gasteiger partial charge in [0.15, 0.2) is 6.29 Å². The number of rotatable bonds is 5. The van der Waals surface area contributed by atoms with Gasteiger partial charge < -0.3 is 9.47 Å². The molecule has 1 atom stereocenters. The van der Waals surface area contributed by atoms with Crippen LogP contribution >= 0.6 is 0 Å². The van der Waals surface area contributed by atoms with Crippen molar-refractivity contribution in [1.82, 2.24) is 0 Å². The van der Waals surface area contributed by atoms with Crippen LogP contribution in [0.4, 0.5) is 5.69 Å². The Hall–Kier alpha value is -1.95. The maximum Gasteiger partial charge on any atom is 0.270 e. The Morgan fingerprint density at radius 3 is 2.95 bits per heavy atom. The normalized spacial score (nSPS) is 18.8. The quantitative estimate of drug-likeness (QED) is 0.464. The molecule has 0 saturated carbocycles. The Morgan fingerprint density at radius 1 is 1.47 bits per heavy atom. The van der Waals surface area contributed by atoms with E-state index >= 15 is 0 Å². The number of nitro benzene ring substituents is 1. The summed E-state index contributed by atoms with van der Waals surface area (Å²) in [6.07, 6.45) is 3.69. The van der Waals surface area contributed by atoms with Crippen molar-refractivity contribution < 1.29 is 19.2 Å². The topological polar surface area (TPSA) is 78.7 Å². The number of carbonyl (C=O) groups is 1. The van der Waals surface area contributed by atoms with E-state index in [9.17, 15) is 14.9 Å². The van der Waals surface area contributed by atoms with Crippen LogP contribution < -0.4 is 4.74 Å². The van der Waals surface area contributed by atoms with Crippen molar-refractivity contribution in [2.75, 3.05) is 13.2 Å². The van der Waals surface area contributed by atoms with E-state index in [2.05, 4.69) is 0 Å². The summed E-state index contributed by atoms with van der Waals surface area (Å²) in [5, 5.41) is 10.6. The Bertz CT molecular complexity index is 468. The van der Waals surface area contributed by atoms with Crippen molar-refractivity contribution in [2.24, 2.45) is 0 Å². The molecule has 1 heterocycles. The number of aldehydes is 1. The predicted molar refractivity (Wildman–Crippen MR) is 67.6 cm³/mol. The number of nitro groups is 1. The van der Waals surface area contributed by atoms with Crippen LogP contribution in [-0.2, 0) is 4.74 Å². The number of carbonyl (C=O) groups excluding carboxylic acids is 1.